The molecule has 0 N–H and O–H groups in total. The molecule has 0 saturated carbocycles. The molecule has 5 nitrogen and oxygen atoms in total. The van der Waals surface area contributed by atoms with Crippen molar-refractivity contribution in [3.05, 3.63) is 109 Å². The lowest BCUT2D eigenvalue weighted by Crippen LogP contribution is -2.17. The SMILES string of the molecule is Cl.O=C(OC(Cn1cncn1)c1ccccc1)c1ccc(-c2ccccc2)cc1. The predicted molar refractivity (Wildman–Crippen MR) is 114 cm³/mol. The van der Waals surface area contributed by atoms with E-state index >= 15 is 0 Å². The van der Waals surface area contributed by atoms with Crippen LogP contribution >= 0.6 is 12.4 Å². The Bertz CT molecular complexity index is 1020. The molecule has 0 radical (unpaired) electrons. The molecule has 1 heterocycles. The predicted octanol–water partition coefficient (Wildman–Crippen LogP) is 4.97. The van der Waals surface area contributed by atoms with Gasteiger partial charge in [0.25, 0.3) is 0 Å². The first-order chi connectivity index (χ1) is 13.8. The third-order valence-electron chi connectivity index (χ3n) is 4.47. The lowest BCUT2D eigenvalue weighted by molar-refractivity contribution is 0.0246. The Kier molecular flexibility index (Phi) is 6.76. The molecule has 0 fully saturated rings. The lowest BCUT2D eigenvalue weighted by Gasteiger charge is -2.18. The molecule has 4 rings (SSSR count). The number of hydrogen-bond donors (Lipinski definition) is 0. The van der Waals surface area contributed by atoms with E-state index in [1.807, 2.05) is 72.8 Å². The molecule has 0 amide bonds. The van der Waals surface area contributed by atoms with Crippen molar-refractivity contribution in [2.75, 3.05) is 0 Å². The molecular weight excluding hydrogens is 386 g/mol. The molecule has 0 aliphatic rings. The summed E-state index contributed by atoms with van der Waals surface area (Å²) in [5, 5.41) is 4.12. The number of esters is 1. The van der Waals surface area contributed by atoms with Crippen LogP contribution in [0.5, 0.6) is 0 Å². The van der Waals surface area contributed by atoms with E-state index in [9.17, 15) is 4.79 Å². The Balaban J connectivity index is 0.00000240. The second kappa shape index (κ2) is 9.66. The van der Waals surface area contributed by atoms with Crippen LogP contribution in [0.4, 0.5) is 0 Å². The van der Waals surface area contributed by atoms with E-state index in [-0.39, 0.29) is 18.4 Å². The second-order valence-electron chi connectivity index (χ2n) is 6.37. The first kappa shape index (κ1) is 20.3. The van der Waals surface area contributed by atoms with Crippen molar-refractivity contribution in [3.8, 4) is 11.1 Å². The first-order valence-corrected chi connectivity index (χ1v) is 9.03. The minimum atomic E-state index is -0.454. The molecule has 1 atom stereocenters. The Morgan fingerprint density at radius 1 is 0.862 bits per heavy atom. The number of nitrogens with zero attached hydrogens (tertiary/aromatic N) is 3. The molecule has 0 aliphatic carbocycles. The maximum Gasteiger partial charge on any atom is 0.338 e. The number of benzene rings is 3. The summed E-state index contributed by atoms with van der Waals surface area (Å²) in [7, 11) is 0. The summed E-state index contributed by atoms with van der Waals surface area (Å²) in [5.74, 6) is -0.367. The van der Waals surface area contributed by atoms with Gasteiger partial charge in [-0.1, -0.05) is 72.8 Å². The van der Waals surface area contributed by atoms with Crippen LogP contribution in [-0.4, -0.2) is 20.7 Å². The average Bonchev–Trinajstić information content (AvgIpc) is 3.28. The highest BCUT2D eigenvalue weighted by atomic mass is 35.5. The van der Waals surface area contributed by atoms with Gasteiger partial charge in [0.15, 0.2) is 0 Å². The van der Waals surface area contributed by atoms with E-state index in [2.05, 4.69) is 10.1 Å². The summed E-state index contributed by atoms with van der Waals surface area (Å²) in [6, 6.07) is 27.1. The van der Waals surface area contributed by atoms with E-state index in [0.29, 0.717) is 12.1 Å². The fraction of sp³-hybridized carbons (Fsp3) is 0.0870. The van der Waals surface area contributed by atoms with Crippen molar-refractivity contribution >= 4 is 18.4 Å². The van der Waals surface area contributed by atoms with Crippen molar-refractivity contribution in [3.63, 3.8) is 0 Å². The topological polar surface area (TPSA) is 57.0 Å². The van der Waals surface area contributed by atoms with E-state index in [1.54, 1.807) is 23.1 Å². The molecule has 1 unspecified atom stereocenters. The molecule has 1 aromatic heterocycles. The van der Waals surface area contributed by atoms with Crippen LogP contribution in [-0.2, 0) is 11.3 Å². The number of rotatable bonds is 6. The maximum absolute atomic E-state index is 12.7. The Hall–Kier alpha value is -3.44. The molecule has 4 aromatic rings. The zero-order valence-corrected chi connectivity index (χ0v) is 16.4. The number of carbonyl (C=O) groups is 1. The smallest absolute Gasteiger partial charge is 0.338 e. The third-order valence-corrected chi connectivity index (χ3v) is 4.47. The average molecular weight is 406 g/mol. The molecule has 146 valence electrons. The highest BCUT2D eigenvalue weighted by molar-refractivity contribution is 5.90. The third kappa shape index (κ3) is 5.09. The molecule has 0 bridgehead atoms. The molecule has 0 spiro atoms. The zero-order valence-electron chi connectivity index (χ0n) is 15.6. The van der Waals surface area contributed by atoms with Gasteiger partial charge >= 0.3 is 5.97 Å². The van der Waals surface area contributed by atoms with Gasteiger partial charge in [-0.25, -0.2) is 14.5 Å². The van der Waals surface area contributed by atoms with Crippen LogP contribution in [0.2, 0.25) is 0 Å². The van der Waals surface area contributed by atoms with Crippen LogP contribution in [0, 0.1) is 0 Å². The van der Waals surface area contributed by atoms with Gasteiger partial charge in [-0.3, -0.25) is 0 Å². The highest BCUT2D eigenvalue weighted by Gasteiger charge is 2.19. The summed E-state index contributed by atoms with van der Waals surface area (Å²) >= 11 is 0. The molecule has 3 aromatic carbocycles. The van der Waals surface area contributed by atoms with E-state index in [4.69, 9.17) is 4.74 Å². The fourth-order valence-corrected chi connectivity index (χ4v) is 3.00. The second-order valence-corrected chi connectivity index (χ2v) is 6.37. The highest BCUT2D eigenvalue weighted by Crippen LogP contribution is 2.23. The number of aromatic nitrogens is 3. The van der Waals surface area contributed by atoms with Gasteiger partial charge in [-0.2, -0.15) is 5.10 Å². The van der Waals surface area contributed by atoms with Gasteiger partial charge in [-0.15, -0.1) is 12.4 Å². The number of hydrogen-bond acceptors (Lipinski definition) is 4. The molecule has 0 saturated heterocycles. The number of halogens is 1. The number of carbonyl (C=O) groups excluding carboxylic acids is 1. The first-order valence-electron chi connectivity index (χ1n) is 9.03. The Morgan fingerprint density at radius 2 is 1.48 bits per heavy atom. The summed E-state index contributed by atoms with van der Waals surface area (Å²) in [4.78, 5) is 16.7. The largest absolute Gasteiger partial charge is 0.452 e. The Labute approximate surface area is 175 Å². The van der Waals surface area contributed by atoms with Crippen molar-refractivity contribution < 1.29 is 9.53 Å². The normalized spacial score (nSPS) is 11.3. The van der Waals surface area contributed by atoms with E-state index < -0.39 is 6.10 Å². The standard InChI is InChI=1S/C23H19N3O2.ClH/c27-23(21-13-11-19(12-14-21)18-7-3-1-4-8-18)28-22(15-26-17-24-16-25-26)20-9-5-2-6-10-20;/h1-14,16-17,22H,15H2;1H. The van der Waals surface area contributed by atoms with E-state index in [1.165, 1.54) is 6.33 Å². The molecule has 6 heteroatoms. The van der Waals surface area contributed by atoms with Crippen LogP contribution in [0.15, 0.2) is 97.6 Å². The van der Waals surface area contributed by atoms with Crippen LogP contribution in [0.25, 0.3) is 11.1 Å². The molecule has 0 aliphatic heterocycles. The van der Waals surface area contributed by atoms with Gasteiger partial charge < -0.3 is 4.74 Å². The fourth-order valence-electron chi connectivity index (χ4n) is 3.00. The van der Waals surface area contributed by atoms with E-state index in [0.717, 1.165) is 16.7 Å². The van der Waals surface area contributed by atoms with Crippen LogP contribution < -0.4 is 0 Å². The van der Waals surface area contributed by atoms with Gasteiger partial charge in [-0.05, 0) is 28.8 Å². The summed E-state index contributed by atoms with van der Waals surface area (Å²) < 4.78 is 7.47. The zero-order chi connectivity index (χ0) is 19.2. The molecule has 29 heavy (non-hydrogen) atoms. The monoisotopic (exact) mass is 405 g/mol. The van der Waals surface area contributed by atoms with Gasteiger partial charge in [0.2, 0.25) is 0 Å². The maximum atomic E-state index is 12.7. The summed E-state index contributed by atoms with van der Waals surface area (Å²) in [6.45, 7) is 0.401. The van der Waals surface area contributed by atoms with Gasteiger partial charge in [0.1, 0.15) is 18.8 Å². The van der Waals surface area contributed by atoms with Gasteiger partial charge in [0, 0.05) is 0 Å². The van der Waals surface area contributed by atoms with Crippen molar-refractivity contribution in [2.45, 2.75) is 12.6 Å². The lowest BCUT2D eigenvalue weighted by atomic mass is 10.0. The summed E-state index contributed by atoms with van der Waals surface area (Å²) in [6.07, 6.45) is 2.62. The quantitative estimate of drug-likeness (QED) is 0.425. The van der Waals surface area contributed by atoms with Crippen molar-refractivity contribution in [2.24, 2.45) is 0 Å². The Morgan fingerprint density at radius 3 is 2.10 bits per heavy atom. The van der Waals surface area contributed by atoms with Crippen LogP contribution in [0.3, 0.4) is 0 Å². The van der Waals surface area contributed by atoms with Gasteiger partial charge in [0.05, 0.1) is 12.1 Å². The minimum absolute atomic E-state index is 0. The van der Waals surface area contributed by atoms with Crippen LogP contribution in [0.1, 0.15) is 22.0 Å². The molecular formula is C23H20ClN3O2. The van der Waals surface area contributed by atoms with Crippen molar-refractivity contribution in [1.29, 1.82) is 0 Å². The summed E-state index contributed by atoms with van der Waals surface area (Å²) in [5.41, 5.74) is 3.58. The number of ether oxygens (including phenoxy) is 1. The minimum Gasteiger partial charge on any atom is -0.452 e. The van der Waals surface area contributed by atoms with Crippen molar-refractivity contribution in [1.82, 2.24) is 14.8 Å².